The molecule has 2 heterocycles. The molecule has 1 atom stereocenters. The van der Waals surface area contributed by atoms with Gasteiger partial charge < -0.3 is 14.2 Å². The Hall–Kier alpha value is -2.30. The van der Waals surface area contributed by atoms with Crippen LogP contribution in [0.1, 0.15) is 53.6 Å². The average molecular weight is 328 g/mol. The molecule has 5 heteroatoms. The van der Waals surface area contributed by atoms with Crippen molar-refractivity contribution < 1.29 is 14.1 Å². The maximum absolute atomic E-state index is 12.6. The predicted octanol–water partition coefficient (Wildman–Crippen LogP) is 3.89. The maximum atomic E-state index is 12.6. The summed E-state index contributed by atoms with van der Waals surface area (Å²) in [4.78, 5) is 14.5. The number of para-hydroxylation sites is 1. The van der Waals surface area contributed by atoms with Crippen molar-refractivity contribution in [1.29, 1.82) is 0 Å². The van der Waals surface area contributed by atoms with Crippen LogP contribution in [0.25, 0.3) is 0 Å². The third-order valence-corrected chi connectivity index (χ3v) is 4.61. The van der Waals surface area contributed by atoms with Crippen LogP contribution in [0.5, 0.6) is 5.75 Å². The SMILES string of the molecule is Cc1cccc(C)c1OCc1cc(C(=O)N2CCCC[C@@H]2C)no1. The van der Waals surface area contributed by atoms with E-state index in [1.165, 1.54) is 6.42 Å². The third-order valence-electron chi connectivity index (χ3n) is 4.61. The number of amides is 1. The summed E-state index contributed by atoms with van der Waals surface area (Å²) in [6.45, 7) is 7.16. The van der Waals surface area contributed by atoms with Gasteiger partial charge in [0.1, 0.15) is 12.4 Å². The minimum atomic E-state index is -0.0516. The lowest BCUT2D eigenvalue weighted by atomic mass is 10.0. The number of carbonyl (C=O) groups excluding carboxylic acids is 1. The monoisotopic (exact) mass is 328 g/mol. The first-order valence-corrected chi connectivity index (χ1v) is 8.52. The van der Waals surface area contributed by atoms with Crippen molar-refractivity contribution in [2.75, 3.05) is 6.54 Å². The molecule has 1 aliphatic rings. The van der Waals surface area contributed by atoms with Crippen LogP contribution in [0.4, 0.5) is 0 Å². The molecule has 0 spiro atoms. The van der Waals surface area contributed by atoms with Crippen LogP contribution in [0.2, 0.25) is 0 Å². The fourth-order valence-electron chi connectivity index (χ4n) is 3.20. The van der Waals surface area contributed by atoms with Crippen LogP contribution in [0.15, 0.2) is 28.8 Å². The molecule has 0 aliphatic carbocycles. The number of aryl methyl sites for hydroxylation is 2. The maximum Gasteiger partial charge on any atom is 0.276 e. The van der Waals surface area contributed by atoms with E-state index in [0.717, 1.165) is 36.3 Å². The lowest BCUT2D eigenvalue weighted by Crippen LogP contribution is -2.42. The van der Waals surface area contributed by atoms with Gasteiger partial charge >= 0.3 is 0 Å². The Morgan fingerprint density at radius 2 is 2.08 bits per heavy atom. The molecule has 0 unspecified atom stereocenters. The van der Waals surface area contributed by atoms with Crippen molar-refractivity contribution in [3.05, 3.63) is 46.8 Å². The van der Waals surface area contributed by atoms with Crippen LogP contribution < -0.4 is 4.74 Å². The summed E-state index contributed by atoms with van der Waals surface area (Å²) < 4.78 is 11.1. The van der Waals surface area contributed by atoms with Crippen molar-refractivity contribution in [2.24, 2.45) is 0 Å². The zero-order valence-electron chi connectivity index (χ0n) is 14.5. The highest BCUT2D eigenvalue weighted by molar-refractivity contribution is 5.92. The number of piperidine rings is 1. The second-order valence-electron chi connectivity index (χ2n) is 6.53. The van der Waals surface area contributed by atoms with Gasteiger partial charge in [-0.1, -0.05) is 23.4 Å². The summed E-state index contributed by atoms with van der Waals surface area (Å²) in [5.74, 6) is 1.36. The number of hydrogen-bond donors (Lipinski definition) is 0. The van der Waals surface area contributed by atoms with Gasteiger partial charge in [0.25, 0.3) is 5.91 Å². The molecule has 128 valence electrons. The minimum absolute atomic E-state index is 0.0516. The van der Waals surface area contributed by atoms with E-state index in [2.05, 4.69) is 12.1 Å². The molecule has 0 bridgehead atoms. The Morgan fingerprint density at radius 3 is 2.79 bits per heavy atom. The van der Waals surface area contributed by atoms with Crippen LogP contribution in [-0.2, 0) is 6.61 Å². The van der Waals surface area contributed by atoms with Crippen molar-refractivity contribution in [1.82, 2.24) is 10.1 Å². The van der Waals surface area contributed by atoms with Gasteiger partial charge in [0.15, 0.2) is 11.5 Å². The molecule has 1 aliphatic heterocycles. The van der Waals surface area contributed by atoms with E-state index in [1.54, 1.807) is 6.07 Å². The number of rotatable bonds is 4. The minimum Gasteiger partial charge on any atom is -0.485 e. The highest BCUT2D eigenvalue weighted by Crippen LogP contribution is 2.24. The van der Waals surface area contributed by atoms with Gasteiger partial charge in [-0.25, -0.2) is 0 Å². The smallest absolute Gasteiger partial charge is 0.276 e. The molecule has 0 N–H and O–H groups in total. The summed E-state index contributed by atoms with van der Waals surface area (Å²) in [7, 11) is 0. The zero-order valence-corrected chi connectivity index (χ0v) is 14.5. The molecule has 0 radical (unpaired) electrons. The Labute approximate surface area is 142 Å². The molecule has 24 heavy (non-hydrogen) atoms. The number of aromatic nitrogens is 1. The second kappa shape index (κ2) is 7.07. The molecule has 1 amide bonds. The largest absolute Gasteiger partial charge is 0.485 e. The Bertz CT molecular complexity index is 703. The van der Waals surface area contributed by atoms with Gasteiger partial charge in [0, 0.05) is 18.7 Å². The number of likely N-dealkylation sites (tertiary alicyclic amines) is 1. The highest BCUT2D eigenvalue weighted by atomic mass is 16.5. The van der Waals surface area contributed by atoms with Crippen molar-refractivity contribution in [3.8, 4) is 5.75 Å². The molecular weight excluding hydrogens is 304 g/mol. The van der Waals surface area contributed by atoms with Crippen LogP contribution in [0.3, 0.4) is 0 Å². The van der Waals surface area contributed by atoms with E-state index in [-0.39, 0.29) is 18.6 Å². The summed E-state index contributed by atoms with van der Waals surface area (Å²) in [5.41, 5.74) is 2.52. The Balaban J connectivity index is 1.66. The summed E-state index contributed by atoms with van der Waals surface area (Å²) in [6.07, 6.45) is 3.28. The van der Waals surface area contributed by atoms with Crippen molar-refractivity contribution >= 4 is 5.91 Å². The number of hydrogen-bond acceptors (Lipinski definition) is 4. The van der Waals surface area contributed by atoms with Gasteiger partial charge in [-0.2, -0.15) is 0 Å². The second-order valence-corrected chi connectivity index (χ2v) is 6.53. The molecular formula is C19H24N2O3. The molecule has 0 saturated carbocycles. The van der Waals surface area contributed by atoms with E-state index in [1.807, 2.05) is 36.9 Å². The number of ether oxygens (including phenoxy) is 1. The standard InChI is InChI=1S/C19H24N2O3/c1-13-7-6-8-14(2)18(13)23-12-16-11-17(20-24-16)19(22)21-10-5-4-9-15(21)3/h6-8,11,15H,4-5,9-10,12H2,1-3H3/t15-/m0/s1. The molecule has 1 aromatic carbocycles. The number of benzene rings is 1. The fraction of sp³-hybridized carbons (Fsp3) is 0.474. The first-order valence-electron chi connectivity index (χ1n) is 8.52. The van der Waals surface area contributed by atoms with Gasteiger partial charge in [0.05, 0.1) is 0 Å². The first kappa shape index (κ1) is 16.6. The van der Waals surface area contributed by atoms with E-state index in [0.29, 0.717) is 11.5 Å². The van der Waals surface area contributed by atoms with E-state index in [4.69, 9.17) is 9.26 Å². The summed E-state index contributed by atoms with van der Waals surface area (Å²) >= 11 is 0. The molecule has 3 rings (SSSR count). The fourth-order valence-corrected chi connectivity index (χ4v) is 3.20. The lowest BCUT2D eigenvalue weighted by molar-refractivity contribution is 0.0625. The normalized spacial score (nSPS) is 17.8. The van der Waals surface area contributed by atoms with E-state index >= 15 is 0 Å². The Kier molecular flexibility index (Phi) is 4.88. The van der Waals surface area contributed by atoms with Crippen molar-refractivity contribution in [3.63, 3.8) is 0 Å². The summed E-state index contributed by atoms with van der Waals surface area (Å²) in [6, 6.07) is 7.97. The first-order chi connectivity index (χ1) is 11.6. The number of nitrogens with zero attached hydrogens (tertiary/aromatic N) is 2. The zero-order chi connectivity index (χ0) is 17.1. The molecule has 5 nitrogen and oxygen atoms in total. The van der Waals surface area contributed by atoms with Crippen LogP contribution in [-0.4, -0.2) is 28.6 Å². The molecule has 1 saturated heterocycles. The quantitative estimate of drug-likeness (QED) is 0.854. The molecule has 2 aromatic rings. The van der Waals surface area contributed by atoms with Crippen LogP contribution in [0, 0.1) is 13.8 Å². The van der Waals surface area contributed by atoms with Gasteiger partial charge in [-0.15, -0.1) is 0 Å². The average Bonchev–Trinajstić information content (AvgIpc) is 3.03. The lowest BCUT2D eigenvalue weighted by Gasteiger charge is -2.32. The van der Waals surface area contributed by atoms with E-state index in [9.17, 15) is 4.79 Å². The van der Waals surface area contributed by atoms with Crippen molar-refractivity contribution in [2.45, 2.75) is 52.7 Å². The Morgan fingerprint density at radius 1 is 1.33 bits per heavy atom. The highest BCUT2D eigenvalue weighted by Gasteiger charge is 2.26. The topological polar surface area (TPSA) is 55.6 Å². The predicted molar refractivity (Wildman–Crippen MR) is 91.1 cm³/mol. The number of carbonyl (C=O) groups is 1. The van der Waals surface area contributed by atoms with Gasteiger partial charge in [-0.3, -0.25) is 4.79 Å². The van der Waals surface area contributed by atoms with Gasteiger partial charge in [-0.05, 0) is 51.2 Å². The third kappa shape index (κ3) is 3.45. The molecule has 1 aromatic heterocycles. The molecule has 1 fully saturated rings. The summed E-state index contributed by atoms with van der Waals surface area (Å²) in [5, 5.41) is 3.94. The van der Waals surface area contributed by atoms with E-state index < -0.39 is 0 Å². The van der Waals surface area contributed by atoms with Gasteiger partial charge in [0.2, 0.25) is 0 Å². The van der Waals surface area contributed by atoms with Crippen LogP contribution >= 0.6 is 0 Å².